The van der Waals surface area contributed by atoms with Gasteiger partial charge in [-0.3, -0.25) is 4.79 Å². The number of nitrogens with zero attached hydrogens (tertiary/aromatic N) is 1. The molecule has 1 atom stereocenters. The normalized spacial score (nSPS) is 17.8. The van der Waals surface area contributed by atoms with E-state index in [9.17, 15) is 4.79 Å². The Morgan fingerprint density at radius 2 is 2.00 bits per heavy atom. The van der Waals surface area contributed by atoms with Crippen LogP contribution in [0.25, 0.3) is 0 Å². The van der Waals surface area contributed by atoms with Gasteiger partial charge in [0.15, 0.2) is 0 Å². The van der Waals surface area contributed by atoms with E-state index in [1.54, 1.807) is 18.2 Å². The second-order valence-electron chi connectivity index (χ2n) is 5.32. The number of likely N-dealkylation sites (tertiary alicyclic amines) is 1. The van der Waals surface area contributed by atoms with Crippen LogP contribution >= 0.6 is 23.2 Å². The summed E-state index contributed by atoms with van der Waals surface area (Å²) in [6, 6.07) is 5.32. The number of benzene rings is 1. The topological polar surface area (TPSA) is 32.3 Å². The number of carbonyl (C=O) groups excluding carboxylic acids is 1. The fourth-order valence-corrected chi connectivity index (χ4v) is 2.89. The molecule has 20 heavy (non-hydrogen) atoms. The monoisotopic (exact) mass is 314 g/mol. The van der Waals surface area contributed by atoms with Crippen LogP contribution in [0.15, 0.2) is 18.2 Å². The van der Waals surface area contributed by atoms with Crippen LogP contribution in [-0.4, -0.2) is 29.9 Å². The summed E-state index contributed by atoms with van der Waals surface area (Å²) < 4.78 is 0. The zero-order chi connectivity index (χ0) is 14.5. The van der Waals surface area contributed by atoms with Crippen LogP contribution in [-0.2, 0) is 4.79 Å². The maximum atomic E-state index is 12.1. The highest BCUT2D eigenvalue weighted by Crippen LogP contribution is 2.25. The van der Waals surface area contributed by atoms with Gasteiger partial charge in [0, 0.05) is 17.5 Å². The third-order valence-corrected chi connectivity index (χ3v) is 4.26. The number of carbonyl (C=O) groups is 1. The van der Waals surface area contributed by atoms with Crippen LogP contribution in [0, 0.1) is 0 Å². The summed E-state index contributed by atoms with van der Waals surface area (Å²) >= 11 is 12.0. The molecule has 0 aromatic heterocycles. The number of piperidine rings is 1. The van der Waals surface area contributed by atoms with E-state index < -0.39 is 0 Å². The molecule has 0 bridgehead atoms. The summed E-state index contributed by atoms with van der Waals surface area (Å²) in [5.41, 5.74) is 0.579. The quantitative estimate of drug-likeness (QED) is 0.903. The predicted octanol–water partition coefficient (Wildman–Crippen LogP) is 4.20. The van der Waals surface area contributed by atoms with E-state index >= 15 is 0 Å². The van der Waals surface area contributed by atoms with E-state index in [0.29, 0.717) is 22.2 Å². The summed E-state index contributed by atoms with van der Waals surface area (Å²) in [7, 11) is 0. The summed E-state index contributed by atoms with van der Waals surface area (Å²) in [6.07, 6.45) is 4.23. The molecule has 2 rings (SSSR count). The lowest BCUT2D eigenvalue weighted by Gasteiger charge is -2.32. The molecule has 0 saturated carbocycles. The van der Waals surface area contributed by atoms with E-state index in [1.807, 2.05) is 0 Å². The van der Waals surface area contributed by atoms with E-state index in [4.69, 9.17) is 23.2 Å². The molecule has 1 amide bonds. The maximum absolute atomic E-state index is 12.1. The molecule has 0 aliphatic carbocycles. The minimum atomic E-state index is -0.0211. The Hall–Kier alpha value is -0.770. The fraction of sp³-hybridized carbons (Fsp3) is 0.533. The standard InChI is InChI=1S/C15H20Cl2N2O/c1-11(19-7-3-2-4-8-19)9-15(20)18-14-10-12(16)5-6-13(14)17/h5-6,10-11H,2-4,7-9H2,1H3,(H,18,20). The second-order valence-corrected chi connectivity index (χ2v) is 6.17. The molecule has 1 unspecified atom stereocenters. The van der Waals surface area contributed by atoms with Crippen molar-refractivity contribution < 1.29 is 4.79 Å². The van der Waals surface area contributed by atoms with Gasteiger partial charge < -0.3 is 10.2 Å². The van der Waals surface area contributed by atoms with Gasteiger partial charge in [0.25, 0.3) is 0 Å². The van der Waals surface area contributed by atoms with Gasteiger partial charge in [-0.05, 0) is 51.1 Å². The largest absolute Gasteiger partial charge is 0.325 e. The van der Waals surface area contributed by atoms with Crippen molar-refractivity contribution in [2.24, 2.45) is 0 Å². The van der Waals surface area contributed by atoms with Gasteiger partial charge in [0.2, 0.25) is 5.91 Å². The zero-order valence-corrected chi connectivity index (χ0v) is 13.2. The summed E-state index contributed by atoms with van der Waals surface area (Å²) in [4.78, 5) is 14.5. The number of amides is 1. The Morgan fingerprint density at radius 1 is 1.30 bits per heavy atom. The highest BCUT2D eigenvalue weighted by molar-refractivity contribution is 6.35. The lowest BCUT2D eigenvalue weighted by atomic mass is 10.1. The summed E-state index contributed by atoms with van der Waals surface area (Å²) in [5.74, 6) is -0.0211. The first-order valence-electron chi connectivity index (χ1n) is 7.05. The van der Waals surface area contributed by atoms with Gasteiger partial charge >= 0.3 is 0 Å². The average molecular weight is 315 g/mol. The predicted molar refractivity (Wildman–Crippen MR) is 84.6 cm³/mol. The van der Waals surface area contributed by atoms with Crippen molar-refractivity contribution in [1.82, 2.24) is 4.90 Å². The molecule has 1 aromatic carbocycles. The van der Waals surface area contributed by atoms with Crippen LogP contribution in [0.3, 0.4) is 0 Å². The van der Waals surface area contributed by atoms with Crippen LogP contribution in [0.4, 0.5) is 5.69 Å². The number of hydrogen-bond donors (Lipinski definition) is 1. The smallest absolute Gasteiger partial charge is 0.225 e. The first-order chi connectivity index (χ1) is 9.56. The molecule has 0 radical (unpaired) electrons. The molecule has 1 saturated heterocycles. The van der Waals surface area contributed by atoms with Gasteiger partial charge in [-0.1, -0.05) is 29.6 Å². The Labute approximate surface area is 130 Å². The van der Waals surface area contributed by atoms with Crippen molar-refractivity contribution in [3.63, 3.8) is 0 Å². The molecule has 1 N–H and O–H groups in total. The van der Waals surface area contributed by atoms with Crippen molar-refractivity contribution in [3.05, 3.63) is 28.2 Å². The fourth-order valence-electron chi connectivity index (χ4n) is 2.55. The molecule has 1 fully saturated rings. The molecule has 5 heteroatoms. The molecular formula is C15H20Cl2N2O. The second kappa shape index (κ2) is 7.30. The lowest BCUT2D eigenvalue weighted by molar-refractivity contribution is -0.117. The molecule has 1 heterocycles. The maximum Gasteiger partial charge on any atom is 0.225 e. The van der Waals surface area contributed by atoms with Crippen LogP contribution < -0.4 is 5.32 Å². The molecule has 1 aliphatic rings. The first-order valence-corrected chi connectivity index (χ1v) is 7.81. The van der Waals surface area contributed by atoms with E-state index in [2.05, 4.69) is 17.1 Å². The van der Waals surface area contributed by atoms with Crippen molar-refractivity contribution in [2.75, 3.05) is 18.4 Å². The lowest BCUT2D eigenvalue weighted by Crippen LogP contribution is -2.39. The van der Waals surface area contributed by atoms with E-state index in [0.717, 1.165) is 13.1 Å². The van der Waals surface area contributed by atoms with Crippen LogP contribution in [0.2, 0.25) is 10.0 Å². The highest BCUT2D eigenvalue weighted by atomic mass is 35.5. The van der Waals surface area contributed by atoms with Crippen LogP contribution in [0.5, 0.6) is 0 Å². The molecule has 110 valence electrons. The van der Waals surface area contributed by atoms with Gasteiger partial charge in [-0.2, -0.15) is 0 Å². The number of nitrogens with one attached hydrogen (secondary N) is 1. The SMILES string of the molecule is CC(CC(=O)Nc1cc(Cl)ccc1Cl)N1CCCCC1. The number of hydrogen-bond acceptors (Lipinski definition) is 2. The van der Waals surface area contributed by atoms with Crippen molar-refractivity contribution in [1.29, 1.82) is 0 Å². The average Bonchev–Trinajstić information content (AvgIpc) is 2.43. The molecule has 1 aromatic rings. The first kappa shape index (κ1) is 15.6. The van der Waals surface area contributed by atoms with Gasteiger partial charge in [0.05, 0.1) is 10.7 Å². The van der Waals surface area contributed by atoms with Gasteiger partial charge in [-0.15, -0.1) is 0 Å². The third kappa shape index (κ3) is 4.37. The van der Waals surface area contributed by atoms with Gasteiger partial charge in [0.1, 0.15) is 0 Å². The van der Waals surface area contributed by atoms with Crippen LogP contribution in [0.1, 0.15) is 32.6 Å². The Kier molecular flexibility index (Phi) is 5.70. The van der Waals surface area contributed by atoms with Gasteiger partial charge in [-0.25, -0.2) is 0 Å². The Bertz CT molecular complexity index is 473. The van der Waals surface area contributed by atoms with E-state index in [-0.39, 0.29) is 11.9 Å². The summed E-state index contributed by atoms with van der Waals surface area (Å²) in [5, 5.41) is 3.91. The number of halogens is 2. The molecule has 1 aliphatic heterocycles. The van der Waals surface area contributed by atoms with Crippen molar-refractivity contribution in [2.45, 2.75) is 38.6 Å². The minimum absolute atomic E-state index is 0.0211. The molecular weight excluding hydrogens is 295 g/mol. The summed E-state index contributed by atoms with van der Waals surface area (Å²) in [6.45, 7) is 4.28. The zero-order valence-electron chi connectivity index (χ0n) is 11.7. The number of anilines is 1. The molecule has 3 nitrogen and oxygen atoms in total. The molecule has 0 spiro atoms. The van der Waals surface area contributed by atoms with Crippen molar-refractivity contribution >= 4 is 34.8 Å². The minimum Gasteiger partial charge on any atom is -0.325 e. The Morgan fingerprint density at radius 3 is 2.70 bits per heavy atom. The highest BCUT2D eigenvalue weighted by Gasteiger charge is 2.19. The van der Waals surface area contributed by atoms with Crippen molar-refractivity contribution in [3.8, 4) is 0 Å². The Balaban J connectivity index is 1.89. The third-order valence-electron chi connectivity index (χ3n) is 3.70. The van der Waals surface area contributed by atoms with E-state index in [1.165, 1.54) is 19.3 Å². The number of rotatable bonds is 4.